The van der Waals surface area contributed by atoms with Gasteiger partial charge in [-0.05, 0) is 25.5 Å². The van der Waals surface area contributed by atoms with Crippen molar-refractivity contribution in [2.45, 2.75) is 18.9 Å². The van der Waals surface area contributed by atoms with Crippen LogP contribution in [0.4, 0.5) is 15.8 Å². The molecular formula is C11H13FN2O3. The molecule has 1 atom stereocenters. The Hall–Kier alpha value is -1.69. The maximum absolute atomic E-state index is 13.0. The van der Waals surface area contributed by atoms with Crippen LogP contribution in [0.2, 0.25) is 0 Å². The van der Waals surface area contributed by atoms with Crippen LogP contribution in [0.3, 0.4) is 0 Å². The summed E-state index contributed by atoms with van der Waals surface area (Å²) in [5.74, 6) is -0.633. The number of nitro groups is 1. The van der Waals surface area contributed by atoms with Crippen LogP contribution < -0.4 is 4.90 Å². The number of aliphatic hydroxyl groups is 1. The number of benzene rings is 1. The van der Waals surface area contributed by atoms with Crippen LogP contribution >= 0.6 is 0 Å². The van der Waals surface area contributed by atoms with Gasteiger partial charge in [0.1, 0.15) is 11.5 Å². The predicted molar refractivity (Wildman–Crippen MR) is 60.5 cm³/mol. The van der Waals surface area contributed by atoms with Crippen LogP contribution in [0.1, 0.15) is 13.3 Å². The van der Waals surface area contributed by atoms with E-state index in [1.165, 1.54) is 12.1 Å². The van der Waals surface area contributed by atoms with E-state index in [1.807, 2.05) is 0 Å². The monoisotopic (exact) mass is 240 g/mol. The Morgan fingerprint density at radius 1 is 1.59 bits per heavy atom. The molecule has 17 heavy (non-hydrogen) atoms. The summed E-state index contributed by atoms with van der Waals surface area (Å²) in [6.45, 7) is 2.53. The average molecular weight is 240 g/mol. The van der Waals surface area contributed by atoms with Crippen molar-refractivity contribution < 1.29 is 14.4 Å². The number of anilines is 1. The lowest BCUT2D eigenvalue weighted by molar-refractivity contribution is -0.384. The van der Waals surface area contributed by atoms with E-state index in [0.29, 0.717) is 25.2 Å². The van der Waals surface area contributed by atoms with Crippen molar-refractivity contribution in [1.82, 2.24) is 0 Å². The largest absolute Gasteiger partial charge is 0.388 e. The van der Waals surface area contributed by atoms with E-state index in [-0.39, 0.29) is 5.69 Å². The fourth-order valence-corrected chi connectivity index (χ4v) is 2.06. The maximum Gasteiger partial charge on any atom is 0.295 e. The molecule has 1 aliphatic heterocycles. The molecule has 0 spiro atoms. The molecule has 0 bridgehead atoms. The Balaban J connectivity index is 2.36. The van der Waals surface area contributed by atoms with Gasteiger partial charge in [-0.15, -0.1) is 0 Å². The number of hydrogen-bond acceptors (Lipinski definition) is 4. The summed E-state index contributed by atoms with van der Waals surface area (Å²) in [6, 6.07) is 3.48. The topological polar surface area (TPSA) is 66.6 Å². The fourth-order valence-electron chi connectivity index (χ4n) is 2.06. The molecule has 1 heterocycles. The van der Waals surface area contributed by atoms with Gasteiger partial charge in [0.15, 0.2) is 0 Å². The minimum atomic E-state index is -0.845. The molecule has 1 saturated heterocycles. The van der Waals surface area contributed by atoms with Gasteiger partial charge in [-0.3, -0.25) is 10.1 Å². The molecular weight excluding hydrogens is 227 g/mol. The zero-order valence-electron chi connectivity index (χ0n) is 9.39. The normalized spacial score (nSPS) is 24.1. The minimum Gasteiger partial charge on any atom is -0.388 e. The molecule has 1 aromatic carbocycles. The number of β-amino-alcohol motifs (C(OH)–C–C–N with tert-alkyl or cyclic N) is 1. The van der Waals surface area contributed by atoms with E-state index in [1.54, 1.807) is 11.8 Å². The number of rotatable bonds is 2. The Bertz CT molecular complexity index is 462. The molecule has 0 aliphatic carbocycles. The van der Waals surface area contributed by atoms with Crippen LogP contribution in [-0.4, -0.2) is 28.7 Å². The zero-order chi connectivity index (χ0) is 12.6. The number of hydrogen-bond donors (Lipinski definition) is 1. The van der Waals surface area contributed by atoms with Crippen molar-refractivity contribution in [3.05, 3.63) is 34.1 Å². The second-order valence-corrected chi connectivity index (χ2v) is 4.56. The maximum atomic E-state index is 13.0. The summed E-state index contributed by atoms with van der Waals surface area (Å²) >= 11 is 0. The van der Waals surface area contributed by atoms with Crippen molar-refractivity contribution in [3.8, 4) is 0 Å². The standard InChI is InChI=1S/C11H13FN2O3/c1-11(15)4-5-13(7-11)9-3-2-8(12)6-10(9)14(16)17/h2-3,6,15H,4-5,7H2,1H3. The van der Waals surface area contributed by atoms with E-state index in [9.17, 15) is 19.6 Å². The second kappa shape index (κ2) is 3.96. The molecule has 2 rings (SSSR count). The second-order valence-electron chi connectivity index (χ2n) is 4.56. The van der Waals surface area contributed by atoms with E-state index in [4.69, 9.17) is 0 Å². The smallest absolute Gasteiger partial charge is 0.295 e. The van der Waals surface area contributed by atoms with Gasteiger partial charge in [0.05, 0.1) is 16.6 Å². The number of nitrogens with zero attached hydrogens (tertiary/aromatic N) is 2. The molecule has 0 aromatic heterocycles. The highest BCUT2D eigenvalue weighted by molar-refractivity contribution is 5.64. The average Bonchev–Trinajstić information content (AvgIpc) is 2.58. The first kappa shape index (κ1) is 11.8. The Labute approximate surface area is 97.6 Å². The van der Waals surface area contributed by atoms with Crippen molar-refractivity contribution in [1.29, 1.82) is 0 Å². The third kappa shape index (κ3) is 2.36. The molecule has 0 saturated carbocycles. The first-order valence-corrected chi connectivity index (χ1v) is 5.30. The molecule has 1 aliphatic rings. The van der Waals surface area contributed by atoms with Gasteiger partial charge in [-0.2, -0.15) is 0 Å². The highest BCUT2D eigenvalue weighted by Gasteiger charge is 2.34. The highest BCUT2D eigenvalue weighted by Crippen LogP contribution is 2.33. The summed E-state index contributed by atoms with van der Waals surface area (Å²) in [5.41, 5.74) is -0.751. The summed E-state index contributed by atoms with van der Waals surface area (Å²) < 4.78 is 13.0. The first-order valence-electron chi connectivity index (χ1n) is 5.30. The molecule has 6 heteroatoms. The molecule has 1 fully saturated rings. The Morgan fingerprint density at radius 2 is 2.29 bits per heavy atom. The van der Waals surface area contributed by atoms with E-state index in [0.717, 1.165) is 6.07 Å². The molecule has 92 valence electrons. The van der Waals surface area contributed by atoms with Gasteiger partial charge in [0, 0.05) is 13.1 Å². The first-order chi connectivity index (χ1) is 7.89. The van der Waals surface area contributed by atoms with Crippen molar-refractivity contribution in [2.24, 2.45) is 0 Å². The Morgan fingerprint density at radius 3 is 2.82 bits per heavy atom. The van der Waals surface area contributed by atoms with Crippen LogP contribution in [0.15, 0.2) is 18.2 Å². The summed E-state index contributed by atoms with van der Waals surface area (Å²) in [4.78, 5) is 11.9. The van der Waals surface area contributed by atoms with Gasteiger partial charge < -0.3 is 10.0 Å². The third-order valence-corrected chi connectivity index (χ3v) is 2.93. The molecule has 1 N–H and O–H groups in total. The predicted octanol–water partition coefficient (Wildman–Crippen LogP) is 1.69. The van der Waals surface area contributed by atoms with E-state index < -0.39 is 16.3 Å². The van der Waals surface area contributed by atoms with Gasteiger partial charge in [0.2, 0.25) is 0 Å². The zero-order valence-corrected chi connectivity index (χ0v) is 9.39. The van der Waals surface area contributed by atoms with E-state index in [2.05, 4.69) is 0 Å². The molecule has 0 radical (unpaired) electrons. The lowest BCUT2D eigenvalue weighted by atomic mass is 10.1. The molecule has 1 unspecified atom stereocenters. The molecule has 0 amide bonds. The fraction of sp³-hybridized carbons (Fsp3) is 0.455. The number of halogens is 1. The molecule has 5 nitrogen and oxygen atoms in total. The lowest BCUT2D eigenvalue weighted by Gasteiger charge is -2.20. The quantitative estimate of drug-likeness (QED) is 0.631. The minimum absolute atomic E-state index is 0.261. The highest BCUT2D eigenvalue weighted by atomic mass is 19.1. The molecule has 1 aromatic rings. The summed E-state index contributed by atoms with van der Waals surface area (Å²) in [6.07, 6.45) is 0.543. The van der Waals surface area contributed by atoms with E-state index >= 15 is 0 Å². The van der Waals surface area contributed by atoms with Crippen molar-refractivity contribution in [2.75, 3.05) is 18.0 Å². The third-order valence-electron chi connectivity index (χ3n) is 2.93. The van der Waals surface area contributed by atoms with Crippen LogP contribution in [0, 0.1) is 15.9 Å². The van der Waals surface area contributed by atoms with Gasteiger partial charge >= 0.3 is 0 Å². The summed E-state index contributed by atoms with van der Waals surface area (Å²) in [5, 5.41) is 20.7. The lowest BCUT2D eigenvalue weighted by Crippen LogP contribution is -2.29. The van der Waals surface area contributed by atoms with Crippen LogP contribution in [-0.2, 0) is 0 Å². The van der Waals surface area contributed by atoms with Crippen molar-refractivity contribution >= 4 is 11.4 Å². The Kier molecular flexibility index (Phi) is 2.74. The SMILES string of the molecule is CC1(O)CCN(c2ccc(F)cc2[N+](=O)[O-])C1. The van der Waals surface area contributed by atoms with Crippen LogP contribution in [0.5, 0.6) is 0 Å². The number of nitro benzene ring substituents is 1. The van der Waals surface area contributed by atoms with Gasteiger partial charge in [0.25, 0.3) is 5.69 Å². The van der Waals surface area contributed by atoms with Crippen LogP contribution in [0.25, 0.3) is 0 Å². The van der Waals surface area contributed by atoms with Crippen molar-refractivity contribution in [3.63, 3.8) is 0 Å². The van der Waals surface area contributed by atoms with Gasteiger partial charge in [-0.1, -0.05) is 0 Å². The van der Waals surface area contributed by atoms with Gasteiger partial charge in [-0.25, -0.2) is 4.39 Å². The summed E-state index contributed by atoms with van der Waals surface area (Å²) in [7, 11) is 0.